The largest absolute Gasteiger partial charge is 0.349 e. The fraction of sp³-hybridized carbons (Fsp3) is 1.00. The van der Waals surface area contributed by atoms with Crippen LogP contribution in [0.3, 0.4) is 0 Å². The summed E-state index contributed by atoms with van der Waals surface area (Å²) in [6.45, 7) is 0.401. The Kier molecular flexibility index (Phi) is 1.28. The number of rotatable bonds is 1. The number of hydrogen-bond acceptors (Lipinski definition) is 4. The predicted octanol–water partition coefficient (Wildman–Crippen LogP) is -0.686. The van der Waals surface area contributed by atoms with Crippen molar-refractivity contribution in [2.24, 2.45) is 0 Å². The van der Waals surface area contributed by atoms with Crippen molar-refractivity contribution in [1.82, 2.24) is 5.06 Å². The molecule has 5 heteroatoms. The molecule has 1 aliphatic rings. The van der Waals surface area contributed by atoms with Crippen LogP contribution in [0.1, 0.15) is 0 Å². The van der Waals surface area contributed by atoms with Crippen LogP contribution in [0.2, 0.25) is 0 Å². The molecule has 2 unspecified atom stereocenters. The van der Waals surface area contributed by atoms with Gasteiger partial charge in [-0.05, 0) is 0 Å². The van der Waals surface area contributed by atoms with Crippen molar-refractivity contribution in [2.45, 2.75) is 5.78 Å². The maximum absolute atomic E-state index is 8.33. The van der Waals surface area contributed by atoms with Gasteiger partial charge in [-0.2, -0.15) is 5.06 Å². The third kappa shape index (κ3) is 1.08. The normalized spacial score (nSPS) is 39.4. The first-order chi connectivity index (χ1) is 3.22. The smallest absolute Gasteiger partial charge is 0.187 e. The standard InChI is InChI=1S/C2H6NO3P/c4-3-1-2(3)7(5)6/h2,4-6H,1H2. The molecule has 0 aromatic heterocycles. The summed E-state index contributed by atoms with van der Waals surface area (Å²) in [5.41, 5.74) is 0. The van der Waals surface area contributed by atoms with E-state index in [4.69, 9.17) is 15.0 Å². The van der Waals surface area contributed by atoms with Crippen LogP contribution in [-0.2, 0) is 0 Å². The second-order valence-corrected chi connectivity index (χ2v) is 2.66. The maximum atomic E-state index is 8.33. The molecule has 4 nitrogen and oxygen atoms in total. The molecule has 1 aliphatic heterocycles. The Morgan fingerprint density at radius 1 is 1.57 bits per heavy atom. The minimum Gasteiger partial charge on any atom is -0.349 e. The fourth-order valence-electron chi connectivity index (χ4n) is 0.312. The number of nitrogens with zero attached hydrogens (tertiary/aromatic N) is 1. The van der Waals surface area contributed by atoms with Crippen LogP contribution < -0.4 is 0 Å². The van der Waals surface area contributed by atoms with Gasteiger partial charge in [0.1, 0.15) is 5.78 Å². The van der Waals surface area contributed by atoms with Crippen LogP contribution in [0.4, 0.5) is 0 Å². The van der Waals surface area contributed by atoms with Gasteiger partial charge in [0.05, 0.1) is 6.54 Å². The monoisotopic (exact) mass is 123 g/mol. The molecule has 42 valence electrons. The van der Waals surface area contributed by atoms with Gasteiger partial charge in [-0.25, -0.2) is 0 Å². The molecule has 0 spiro atoms. The second kappa shape index (κ2) is 1.65. The van der Waals surface area contributed by atoms with Crippen LogP contribution >= 0.6 is 8.38 Å². The van der Waals surface area contributed by atoms with Crippen molar-refractivity contribution in [2.75, 3.05) is 6.54 Å². The minimum absolute atomic E-state index is 0.366. The highest BCUT2D eigenvalue weighted by molar-refractivity contribution is 7.46. The Hall–Kier alpha value is 0.270. The molecular formula is C2H6NO3P. The minimum atomic E-state index is -1.91. The van der Waals surface area contributed by atoms with Gasteiger partial charge in [-0.1, -0.05) is 0 Å². The molecule has 1 fully saturated rings. The third-order valence-corrected chi connectivity index (χ3v) is 1.79. The van der Waals surface area contributed by atoms with E-state index in [1.807, 2.05) is 0 Å². The SMILES string of the molecule is ON1CC1P(O)O. The quantitative estimate of drug-likeness (QED) is 0.319. The van der Waals surface area contributed by atoms with E-state index in [2.05, 4.69) is 0 Å². The van der Waals surface area contributed by atoms with Crippen LogP contribution in [0.25, 0.3) is 0 Å². The molecule has 3 N–H and O–H groups in total. The molecule has 2 atom stereocenters. The Morgan fingerprint density at radius 2 is 2.00 bits per heavy atom. The summed E-state index contributed by atoms with van der Waals surface area (Å²) >= 11 is 0. The zero-order chi connectivity index (χ0) is 5.44. The third-order valence-electron chi connectivity index (χ3n) is 0.827. The first-order valence-corrected chi connectivity index (χ1v) is 3.16. The average Bonchev–Trinajstić information content (AvgIpc) is 2.17. The molecule has 0 bridgehead atoms. The van der Waals surface area contributed by atoms with Crippen molar-refractivity contribution < 1.29 is 15.0 Å². The zero-order valence-electron chi connectivity index (χ0n) is 3.52. The topological polar surface area (TPSA) is 63.7 Å². The summed E-state index contributed by atoms with van der Waals surface area (Å²) in [5.74, 6) is -0.366. The fourth-order valence-corrected chi connectivity index (χ4v) is 0.864. The van der Waals surface area contributed by atoms with Gasteiger partial charge >= 0.3 is 0 Å². The van der Waals surface area contributed by atoms with Crippen LogP contribution in [0.5, 0.6) is 0 Å². The van der Waals surface area contributed by atoms with Crippen LogP contribution in [0.15, 0.2) is 0 Å². The van der Waals surface area contributed by atoms with Gasteiger partial charge in [-0.15, -0.1) is 0 Å². The van der Waals surface area contributed by atoms with E-state index >= 15 is 0 Å². The molecule has 0 amide bonds. The van der Waals surface area contributed by atoms with Gasteiger partial charge in [-0.3, -0.25) is 0 Å². The Morgan fingerprint density at radius 3 is 2.00 bits per heavy atom. The molecule has 1 rings (SSSR count). The lowest BCUT2D eigenvalue weighted by Gasteiger charge is -1.93. The van der Waals surface area contributed by atoms with E-state index < -0.39 is 8.38 Å². The van der Waals surface area contributed by atoms with E-state index in [9.17, 15) is 0 Å². The number of hydroxylamine groups is 2. The molecule has 0 saturated carbocycles. The van der Waals surface area contributed by atoms with E-state index in [0.29, 0.717) is 6.54 Å². The van der Waals surface area contributed by atoms with Gasteiger partial charge < -0.3 is 15.0 Å². The predicted molar refractivity (Wildman–Crippen MR) is 23.6 cm³/mol. The van der Waals surface area contributed by atoms with Crippen molar-refractivity contribution >= 4 is 8.38 Å². The van der Waals surface area contributed by atoms with E-state index in [1.54, 1.807) is 0 Å². The highest BCUT2D eigenvalue weighted by Gasteiger charge is 2.39. The summed E-state index contributed by atoms with van der Waals surface area (Å²) < 4.78 is 0. The summed E-state index contributed by atoms with van der Waals surface area (Å²) in [6, 6.07) is 0. The summed E-state index contributed by atoms with van der Waals surface area (Å²) in [4.78, 5) is 16.6. The van der Waals surface area contributed by atoms with Gasteiger partial charge in [0.25, 0.3) is 0 Å². The van der Waals surface area contributed by atoms with Crippen molar-refractivity contribution in [3.63, 3.8) is 0 Å². The molecule has 0 aromatic carbocycles. The highest BCUT2D eigenvalue weighted by Crippen LogP contribution is 2.41. The lowest BCUT2D eigenvalue weighted by Crippen LogP contribution is -1.90. The summed E-state index contributed by atoms with van der Waals surface area (Å²) in [5, 5.41) is 9.22. The van der Waals surface area contributed by atoms with E-state index in [-0.39, 0.29) is 5.78 Å². The van der Waals surface area contributed by atoms with Crippen molar-refractivity contribution in [3.05, 3.63) is 0 Å². The Balaban J connectivity index is 2.20. The molecule has 0 aliphatic carbocycles. The van der Waals surface area contributed by atoms with Gasteiger partial charge in [0, 0.05) is 0 Å². The van der Waals surface area contributed by atoms with Crippen LogP contribution in [-0.4, -0.2) is 32.4 Å². The first-order valence-electron chi connectivity index (χ1n) is 1.84. The molecule has 1 saturated heterocycles. The molecule has 7 heavy (non-hydrogen) atoms. The summed E-state index contributed by atoms with van der Waals surface area (Å²) in [6.07, 6.45) is 0. The first kappa shape index (κ1) is 5.41. The second-order valence-electron chi connectivity index (χ2n) is 1.42. The van der Waals surface area contributed by atoms with Crippen LogP contribution in [0, 0.1) is 0 Å². The Bertz CT molecular complexity index is 77.3. The molecule has 0 aromatic rings. The van der Waals surface area contributed by atoms with Crippen molar-refractivity contribution in [1.29, 1.82) is 0 Å². The van der Waals surface area contributed by atoms with E-state index in [0.717, 1.165) is 5.06 Å². The zero-order valence-corrected chi connectivity index (χ0v) is 4.41. The molecular weight excluding hydrogens is 117 g/mol. The average molecular weight is 123 g/mol. The lowest BCUT2D eigenvalue weighted by atomic mass is 11.0. The number of hydrogen-bond donors (Lipinski definition) is 3. The van der Waals surface area contributed by atoms with Crippen molar-refractivity contribution in [3.8, 4) is 0 Å². The molecule has 0 radical (unpaired) electrons. The van der Waals surface area contributed by atoms with E-state index in [1.165, 1.54) is 0 Å². The lowest BCUT2D eigenvalue weighted by molar-refractivity contribution is 0.0276. The summed E-state index contributed by atoms with van der Waals surface area (Å²) in [7, 11) is -1.91. The van der Waals surface area contributed by atoms with Gasteiger partial charge in [0.15, 0.2) is 8.38 Å². The molecule has 1 heterocycles. The Labute approximate surface area is 41.9 Å². The van der Waals surface area contributed by atoms with Gasteiger partial charge in [0.2, 0.25) is 0 Å². The maximum Gasteiger partial charge on any atom is 0.187 e. The highest BCUT2D eigenvalue weighted by atomic mass is 31.2.